The largest absolute Gasteiger partial charge is 0.473 e. The van der Waals surface area contributed by atoms with Gasteiger partial charge in [0.2, 0.25) is 5.88 Å². The smallest absolute Gasteiger partial charge is 0.216 e. The number of ketones is 1. The van der Waals surface area contributed by atoms with E-state index < -0.39 is 0 Å². The van der Waals surface area contributed by atoms with Gasteiger partial charge in [-0.1, -0.05) is 24.3 Å². The number of carbonyl (C=O) groups is 1. The molecule has 0 atom stereocenters. The van der Waals surface area contributed by atoms with E-state index in [2.05, 4.69) is 15.0 Å². The average molecular weight is 348 g/mol. The molecule has 0 radical (unpaired) electrons. The number of nitrogens with two attached hydrogens (primary N) is 1. The molecular formula is C20H20N4O2. The lowest BCUT2D eigenvalue weighted by Crippen LogP contribution is -2.05. The third kappa shape index (κ3) is 4.94. The van der Waals surface area contributed by atoms with Gasteiger partial charge in [0.1, 0.15) is 12.9 Å². The minimum Gasteiger partial charge on any atom is -0.473 e. The summed E-state index contributed by atoms with van der Waals surface area (Å²) < 4.78 is 5.67. The lowest BCUT2D eigenvalue weighted by Gasteiger charge is -2.08. The molecule has 0 spiro atoms. The Kier molecular flexibility index (Phi) is 6.01. The van der Waals surface area contributed by atoms with Gasteiger partial charge in [0, 0.05) is 37.0 Å². The number of pyridine rings is 1. The molecule has 0 amide bonds. The lowest BCUT2D eigenvalue weighted by molar-refractivity contribution is 0.0982. The Hall–Kier alpha value is -3.12. The Morgan fingerprint density at radius 2 is 1.96 bits per heavy atom. The number of aryl methyl sites for hydroxylation is 1. The summed E-state index contributed by atoms with van der Waals surface area (Å²) in [5, 5.41) is 0. The van der Waals surface area contributed by atoms with Gasteiger partial charge in [-0.3, -0.25) is 9.78 Å². The van der Waals surface area contributed by atoms with Crippen LogP contribution in [0.4, 0.5) is 0 Å². The summed E-state index contributed by atoms with van der Waals surface area (Å²) >= 11 is 0. The van der Waals surface area contributed by atoms with Crippen LogP contribution >= 0.6 is 0 Å². The molecule has 0 aliphatic rings. The molecular weight excluding hydrogens is 328 g/mol. The zero-order valence-electron chi connectivity index (χ0n) is 14.3. The lowest BCUT2D eigenvalue weighted by atomic mass is 10.0. The van der Waals surface area contributed by atoms with Crippen molar-refractivity contribution in [3.63, 3.8) is 0 Å². The van der Waals surface area contributed by atoms with Crippen LogP contribution in [0.3, 0.4) is 0 Å². The molecule has 0 saturated heterocycles. The molecule has 0 saturated carbocycles. The van der Waals surface area contributed by atoms with Gasteiger partial charge in [0.05, 0.1) is 5.69 Å². The first-order valence-corrected chi connectivity index (χ1v) is 8.39. The average Bonchev–Trinajstić information content (AvgIpc) is 2.71. The molecule has 2 N–H and O–H groups in total. The van der Waals surface area contributed by atoms with E-state index in [0.717, 1.165) is 11.1 Å². The van der Waals surface area contributed by atoms with Crippen molar-refractivity contribution in [3.05, 3.63) is 83.6 Å². The summed E-state index contributed by atoms with van der Waals surface area (Å²) in [6.45, 7) is 0.657. The van der Waals surface area contributed by atoms with Crippen LogP contribution in [0.15, 0.2) is 61.2 Å². The normalized spacial score (nSPS) is 10.5. The second-order valence-electron chi connectivity index (χ2n) is 5.83. The number of hydrogen-bond donors (Lipinski definition) is 1. The zero-order chi connectivity index (χ0) is 18.2. The Bertz CT molecular complexity index is 868. The predicted molar refractivity (Wildman–Crippen MR) is 97.6 cm³/mol. The highest BCUT2D eigenvalue weighted by molar-refractivity contribution is 5.96. The van der Waals surface area contributed by atoms with Crippen molar-refractivity contribution in [1.82, 2.24) is 15.0 Å². The molecule has 0 bridgehead atoms. The van der Waals surface area contributed by atoms with E-state index in [4.69, 9.17) is 10.5 Å². The number of hydrogen-bond acceptors (Lipinski definition) is 6. The summed E-state index contributed by atoms with van der Waals surface area (Å²) in [5.74, 6) is 0.567. The van der Waals surface area contributed by atoms with Gasteiger partial charge in [-0.05, 0) is 29.7 Å². The minimum absolute atomic E-state index is 0.100. The zero-order valence-corrected chi connectivity index (χ0v) is 14.3. The highest BCUT2D eigenvalue weighted by atomic mass is 16.5. The van der Waals surface area contributed by atoms with Crippen LogP contribution in [0.25, 0.3) is 0 Å². The van der Waals surface area contributed by atoms with Crippen molar-refractivity contribution < 1.29 is 9.53 Å². The molecule has 26 heavy (non-hydrogen) atoms. The molecule has 2 aromatic heterocycles. The van der Waals surface area contributed by atoms with E-state index in [1.807, 2.05) is 36.4 Å². The van der Waals surface area contributed by atoms with Crippen LogP contribution in [-0.4, -0.2) is 20.7 Å². The molecule has 6 heteroatoms. The fourth-order valence-corrected chi connectivity index (χ4v) is 2.51. The molecule has 0 unspecified atom stereocenters. The van der Waals surface area contributed by atoms with E-state index in [0.29, 0.717) is 43.1 Å². The first-order chi connectivity index (χ1) is 12.7. The number of ether oxygens (including phenoxy) is 1. The van der Waals surface area contributed by atoms with Crippen LogP contribution in [0.1, 0.15) is 33.6 Å². The van der Waals surface area contributed by atoms with E-state index in [1.165, 1.54) is 6.33 Å². The Morgan fingerprint density at radius 1 is 1.08 bits per heavy atom. The molecule has 3 rings (SSSR count). The fourth-order valence-electron chi connectivity index (χ4n) is 2.51. The molecule has 132 valence electrons. The van der Waals surface area contributed by atoms with Crippen molar-refractivity contribution >= 4 is 5.78 Å². The van der Waals surface area contributed by atoms with Crippen molar-refractivity contribution in [2.45, 2.75) is 26.0 Å². The van der Waals surface area contributed by atoms with Gasteiger partial charge < -0.3 is 10.5 Å². The van der Waals surface area contributed by atoms with Gasteiger partial charge in [0.25, 0.3) is 0 Å². The summed E-state index contributed by atoms with van der Waals surface area (Å²) in [7, 11) is 0. The second kappa shape index (κ2) is 8.82. The van der Waals surface area contributed by atoms with E-state index in [9.17, 15) is 4.79 Å². The molecule has 0 aliphatic carbocycles. The Morgan fingerprint density at radius 3 is 2.77 bits per heavy atom. The number of benzene rings is 1. The van der Waals surface area contributed by atoms with Gasteiger partial charge in [-0.25, -0.2) is 9.97 Å². The van der Waals surface area contributed by atoms with Crippen molar-refractivity contribution in [2.75, 3.05) is 0 Å². The van der Waals surface area contributed by atoms with Gasteiger partial charge in [0.15, 0.2) is 5.78 Å². The predicted octanol–water partition coefficient (Wildman–Crippen LogP) is 2.72. The van der Waals surface area contributed by atoms with Crippen LogP contribution in [-0.2, 0) is 19.6 Å². The Labute approximate surface area is 152 Å². The van der Waals surface area contributed by atoms with Gasteiger partial charge in [-0.15, -0.1) is 0 Å². The van der Waals surface area contributed by atoms with Gasteiger partial charge in [-0.2, -0.15) is 0 Å². The second-order valence-corrected chi connectivity index (χ2v) is 5.83. The first-order valence-electron chi connectivity index (χ1n) is 8.39. The number of nitrogens with zero attached hydrogens (tertiary/aromatic N) is 3. The standard InChI is InChI=1S/C20H20N4O2/c21-11-18-10-20(24-14-23-18)26-13-16-3-1-5-17(9-16)19(25)7-6-15-4-2-8-22-12-15/h1-5,8-10,12,14H,6-7,11,13,21H2. The first kappa shape index (κ1) is 17.7. The summed E-state index contributed by atoms with van der Waals surface area (Å²) in [4.78, 5) is 24.6. The topological polar surface area (TPSA) is 91.0 Å². The molecule has 6 nitrogen and oxygen atoms in total. The molecule has 3 aromatic rings. The van der Waals surface area contributed by atoms with Crippen molar-refractivity contribution in [1.29, 1.82) is 0 Å². The monoisotopic (exact) mass is 348 g/mol. The van der Waals surface area contributed by atoms with Crippen LogP contribution < -0.4 is 10.5 Å². The third-order valence-corrected chi connectivity index (χ3v) is 3.91. The maximum absolute atomic E-state index is 12.4. The number of rotatable bonds is 8. The SMILES string of the molecule is NCc1cc(OCc2cccc(C(=O)CCc3cccnc3)c2)ncn1. The molecule has 1 aromatic carbocycles. The highest BCUT2D eigenvalue weighted by Gasteiger charge is 2.08. The Balaban J connectivity index is 1.59. The van der Waals surface area contributed by atoms with Gasteiger partial charge >= 0.3 is 0 Å². The maximum Gasteiger partial charge on any atom is 0.216 e. The third-order valence-electron chi connectivity index (χ3n) is 3.91. The fraction of sp³-hybridized carbons (Fsp3) is 0.200. The quantitative estimate of drug-likeness (QED) is 0.629. The molecule has 0 fully saturated rings. The summed E-state index contributed by atoms with van der Waals surface area (Å²) in [6, 6.07) is 13.0. The minimum atomic E-state index is 0.100. The highest BCUT2D eigenvalue weighted by Crippen LogP contribution is 2.13. The molecule has 0 aliphatic heterocycles. The number of aromatic nitrogens is 3. The summed E-state index contributed by atoms with van der Waals surface area (Å²) in [5.41, 5.74) is 8.92. The van der Waals surface area contributed by atoms with E-state index >= 15 is 0 Å². The van der Waals surface area contributed by atoms with E-state index in [1.54, 1.807) is 18.5 Å². The van der Waals surface area contributed by atoms with Crippen LogP contribution in [0, 0.1) is 0 Å². The summed E-state index contributed by atoms with van der Waals surface area (Å²) in [6.07, 6.45) is 6.06. The number of carbonyl (C=O) groups excluding carboxylic acids is 1. The van der Waals surface area contributed by atoms with Crippen LogP contribution in [0.5, 0.6) is 5.88 Å². The number of Topliss-reactive ketones (excluding diaryl/α,β-unsaturated/α-hetero) is 1. The van der Waals surface area contributed by atoms with Crippen LogP contribution in [0.2, 0.25) is 0 Å². The maximum atomic E-state index is 12.4. The van der Waals surface area contributed by atoms with E-state index in [-0.39, 0.29) is 5.78 Å². The van der Waals surface area contributed by atoms with Crippen molar-refractivity contribution in [3.8, 4) is 5.88 Å². The van der Waals surface area contributed by atoms with Crippen molar-refractivity contribution in [2.24, 2.45) is 5.73 Å². The molecule has 2 heterocycles.